The molecule has 2 aromatic carbocycles. The standard InChI is InChI=1S/C15H14ClF2N/c16-14-6-1-10(8-15(14)18)7-12(9-19)11-2-4-13(17)5-3-11/h1-6,8,12H,7,9,19H2. The minimum absolute atomic E-state index is 0.0289. The van der Waals surface area contributed by atoms with Crippen LogP contribution in [-0.2, 0) is 6.42 Å². The smallest absolute Gasteiger partial charge is 0.142 e. The van der Waals surface area contributed by atoms with Crippen LogP contribution >= 0.6 is 11.6 Å². The van der Waals surface area contributed by atoms with E-state index in [1.54, 1.807) is 18.2 Å². The number of nitrogens with two attached hydrogens (primary N) is 1. The van der Waals surface area contributed by atoms with E-state index < -0.39 is 5.82 Å². The second-order valence-electron chi connectivity index (χ2n) is 4.44. The van der Waals surface area contributed by atoms with Crippen LogP contribution in [0.4, 0.5) is 8.78 Å². The van der Waals surface area contributed by atoms with E-state index in [0.717, 1.165) is 11.1 Å². The molecule has 0 bridgehead atoms. The minimum atomic E-state index is -0.436. The predicted molar refractivity (Wildman–Crippen MR) is 73.3 cm³/mol. The fourth-order valence-corrected chi connectivity index (χ4v) is 2.14. The molecule has 0 saturated carbocycles. The Morgan fingerprint density at radius 2 is 1.74 bits per heavy atom. The molecule has 100 valence electrons. The van der Waals surface area contributed by atoms with E-state index in [0.29, 0.717) is 13.0 Å². The Kier molecular flexibility index (Phi) is 4.51. The molecule has 0 aliphatic heterocycles. The number of hydrogen-bond donors (Lipinski definition) is 1. The molecule has 2 rings (SSSR count). The van der Waals surface area contributed by atoms with Gasteiger partial charge >= 0.3 is 0 Å². The Balaban J connectivity index is 2.18. The monoisotopic (exact) mass is 281 g/mol. The number of benzene rings is 2. The van der Waals surface area contributed by atoms with Crippen LogP contribution in [0.2, 0.25) is 5.02 Å². The number of hydrogen-bond acceptors (Lipinski definition) is 1. The van der Waals surface area contributed by atoms with Crippen molar-refractivity contribution >= 4 is 11.6 Å². The summed E-state index contributed by atoms with van der Waals surface area (Å²) in [5.74, 6) is -0.688. The molecule has 4 heteroatoms. The zero-order chi connectivity index (χ0) is 13.8. The van der Waals surface area contributed by atoms with Crippen molar-refractivity contribution in [3.63, 3.8) is 0 Å². The fraction of sp³-hybridized carbons (Fsp3) is 0.200. The summed E-state index contributed by atoms with van der Waals surface area (Å²) in [6.07, 6.45) is 0.593. The van der Waals surface area contributed by atoms with Gasteiger partial charge in [0.05, 0.1) is 5.02 Å². The van der Waals surface area contributed by atoms with Gasteiger partial charge in [-0.2, -0.15) is 0 Å². The summed E-state index contributed by atoms with van der Waals surface area (Å²) in [6, 6.07) is 10.9. The first kappa shape index (κ1) is 14.0. The quantitative estimate of drug-likeness (QED) is 0.904. The summed E-state index contributed by atoms with van der Waals surface area (Å²) < 4.78 is 26.3. The van der Waals surface area contributed by atoms with Gasteiger partial charge in [0.2, 0.25) is 0 Å². The van der Waals surface area contributed by atoms with E-state index in [-0.39, 0.29) is 16.8 Å². The fourth-order valence-electron chi connectivity index (χ4n) is 2.02. The Morgan fingerprint density at radius 3 is 2.32 bits per heavy atom. The first-order valence-corrected chi connectivity index (χ1v) is 6.37. The highest BCUT2D eigenvalue weighted by Crippen LogP contribution is 2.23. The highest BCUT2D eigenvalue weighted by molar-refractivity contribution is 6.30. The molecular weight excluding hydrogens is 268 g/mol. The molecule has 0 spiro atoms. The summed E-state index contributed by atoms with van der Waals surface area (Å²) in [5.41, 5.74) is 7.51. The van der Waals surface area contributed by atoms with E-state index in [9.17, 15) is 8.78 Å². The van der Waals surface area contributed by atoms with Gasteiger partial charge in [-0.1, -0.05) is 29.8 Å². The van der Waals surface area contributed by atoms with E-state index >= 15 is 0 Å². The molecule has 0 aromatic heterocycles. The summed E-state index contributed by atoms with van der Waals surface area (Å²) in [6.45, 7) is 0.413. The maximum absolute atomic E-state index is 13.4. The first-order chi connectivity index (χ1) is 9.10. The van der Waals surface area contributed by atoms with Crippen LogP contribution in [0.5, 0.6) is 0 Å². The maximum atomic E-state index is 13.4. The average molecular weight is 282 g/mol. The van der Waals surface area contributed by atoms with Crippen molar-refractivity contribution in [2.45, 2.75) is 12.3 Å². The average Bonchev–Trinajstić information content (AvgIpc) is 2.41. The Hall–Kier alpha value is -1.45. The van der Waals surface area contributed by atoms with Gasteiger partial charge in [-0.3, -0.25) is 0 Å². The van der Waals surface area contributed by atoms with Crippen LogP contribution in [0.15, 0.2) is 42.5 Å². The molecule has 19 heavy (non-hydrogen) atoms. The number of halogens is 3. The van der Waals surface area contributed by atoms with Crippen molar-refractivity contribution in [1.82, 2.24) is 0 Å². The Morgan fingerprint density at radius 1 is 1.05 bits per heavy atom. The molecule has 0 aliphatic carbocycles. The topological polar surface area (TPSA) is 26.0 Å². The van der Waals surface area contributed by atoms with Crippen LogP contribution in [0.25, 0.3) is 0 Å². The lowest BCUT2D eigenvalue weighted by molar-refractivity contribution is 0.618. The number of rotatable bonds is 4. The largest absolute Gasteiger partial charge is 0.330 e. The molecule has 2 N–H and O–H groups in total. The zero-order valence-electron chi connectivity index (χ0n) is 10.2. The van der Waals surface area contributed by atoms with Gasteiger partial charge in [-0.05, 0) is 48.4 Å². The zero-order valence-corrected chi connectivity index (χ0v) is 11.0. The van der Waals surface area contributed by atoms with Crippen molar-refractivity contribution in [1.29, 1.82) is 0 Å². The molecule has 0 aliphatic rings. The van der Waals surface area contributed by atoms with Crippen molar-refractivity contribution in [3.05, 3.63) is 70.2 Å². The van der Waals surface area contributed by atoms with Crippen molar-refractivity contribution in [2.24, 2.45) is 5.73 Å². The molecule has 0 saturated heterocycles. The van der Waals surface area contributed by atoms with E-state index in [4.69, 9.17) is 17.3 Å². The lowest BCUT2D eigenvalue weighted by Crippen LogP contribution is -2.15. The van der Waals surface area contributed by atoms with Gasteiger partial charge in [0.15, 0.2) is 0 Å². The molecule has 0 fully saturated rings. The molecule has 1 unspecified atom stereocenters. The molecule has 1 nitrogen and oxygen atoms in total. The molecule has 0 radical (unpaired) electrons. The minimum Gasteiger partial charge on any atom is -0.330 e. The van der Waals surface area contributed by atoms with Crippen LogP contribution in [-0.4, -0.2) is 6.54 Å². The molecule has 2 aromatic rings. The SMILES string of the molecule is NCC(Cc1ccc(Cl)c(F)c1)c1ccc(F)cc1. The third kappa shape index (κ3) is 3.52. The normalized spacial score (nSPS) is 12.4. The molecular formula is C15H14ClF2N. The Bertz CT molecular complexity index is 555. The lowest BCUT2D eigenvalue weighted by atomic mass is 9.92. The van der Waals surface area contributed by atoms with Gasteiger partial charge in [-0.25, -0.2) is 8.78 Å². The molecule has 1 atom stereocenters. The predicted octanol–water partition coefficient (Wildman–Crippen LogP) is 3.90. The summed E-state index contributed by atoms with van der Waals surface area (Å²) in [4.78, 5) is 0. The van der Waals surface area contributed by atoms with Crippen LogP contribution < -0.4 is 5.73 Å². The van der Waals surface area contributed by atoms with Gasteiger partial charge in [0.25, 0.3) is 0 Å². The van der Waals surface area contributed by atoms with Crippen molar-refractivity contribution in [3.8, 4) is 0 Å². The summed E-state index contributed by atoms with van der Waals surface area (Å²) in [5, 5.41) is 0.106. The van der Waals surface area contributed by atoms with Gasteiger partial charge in [-0.15, -0.1) is 0 Å². The maximum Gasteiger partial charge on any atom is 0.142 e. The van der Waals surface area contributed by atoms with E-state index in [1.165, 1.54) is 24.3 Å². The van der Waals surface area contributed by atoms with E-state index in [2.05, 4.69) is 0 Å². The first-order valence-electron chi connectivity index (χ1n) is 5.99. The van der Waals surface area contributed by atoms with Gasteiger partial charge in [0, 0.05) is 5.92 Å². The second kappa shape index (κ2) is 6.13. The van der Waals surface area contributed by atoms with Crippen LogP contribution in [0, 0.1) is 11.6 Å². The van der Waals surface area contributed by atoms with Crippen molar-refractivity contribution in [2.75, 3.05) is 6.54 Å². The third-order valence-electron chi connectivity index (χ3n) is 3.09. The summed E-state index contributed by atoms with van der Waals surface area (Å²) >= 11 is 5.64. The van der Waals surface area contributed by atoms with E-state index in [1.807, 2.05) is 0 Å². The highest BCUT2D eigenvalue weighted by atomic mass is 35.5. The van der Waals surface area contributed by atoms with Crippen LogP contribution in [0.3, 0.4) is 0 Å². The van der Waals surface area contributed by atoms with Crippen LogP contribution in [0.1, 0.15) is 17.0 Å². The molecule has 0 amide bonds. The van der Waals surface area contributed by atoms with Gasteiger partial charge < -0.3 is 5.73 Å². The van der Waals surface area contributed by atoms with Gasteiger partial charge in [0.1, 0.15) is 11.6 Å². The second-order valence-corrected chi connectivity index (χ2v) is 4.84. The molecule has 0 heterocycles. The third-order valence-corrected chi connectivity index (χ3v) is 3.40. The lowest BCUT2D eigenvalue weighted by Gasteiger charge is -2.15. The Labute approximate surface area is 116 Å². The van der Waals surface area contributed by atoms with Crippen molar-refractivity contribution < 1.29 is 8.78 Å². The highest BCUT2D eigenvalue weighted by Gasteiger charge is 2.12. The summed E-state index contributed by atoms with van der Waals surface area (Å²) in [7, 11) is 0.